The van der Waals surface area contributed by atoms with E-state index >= 15 is 0 Å². The highest BCUT2D eigenvalue weighted by Gasteiger charge is 2.13. The van der Waals surface area contributed by atoms with Gasteiger partial charge in [-0.2, -0.15) is 0 Å². The smallest absolute Gasteiger partial charge is 0.279 e. The molecule has 0 saturated heterocycles. The normalized spacial score (nSPS) is 10.8. The molecule has 0 bridgehead atoms. The Balaban J connectivity index is 3.33. The van der Waals surface area contributed by atoms with Crippen LogP contribution in [-0.4, -0.2) is 4.98 Å². The zero-order valence-corrected chi connectivity index (χ0v) is 7.92. The summed E-state index contributed by atoms with van der Waals surface area (Å²) in [6.45, 7) is 0. The summed E-state index contributed by atoms with van der Waals surface area (Å²) >= 11 is 8.22. The van der Waals surface area contributed by atoms with Gasteiger partial charge in [-0.3, -0.25) is 4.79 Å². The zero-order chi connectivity index (χ0) is 9.30. The highest BCUT2D eigenvalue weighted by molar-refractivity contribution is 9.10. The van der Waals surface area contributed by atoms with E-state index in [9.17, 15) is 13.6 Å². The molecule has 0 aliphatic rings. The number of hydrogen-bond donors (Lipinski definition) is 1. The van der Waals surface area contributed by atoms with Crippen molar-refractivity contribution in [2.45, 2.75) is 6.43 Å². The Labute approximate surface area is 79.7 Å². The van der Waals surface area contributed by atoms with Crippen molar-refractivity contribution in [3.63, 3.8) is 0 Å². The van der Waals surface area contributed by atoms with Gasteiger partial charge in [0.2, 0.25) is 0 Å². The minimum Gasteiger partial charge on any atom is -0.319 e. The zero-order valence-electron chi connectivity index (χ0n) is 5.57. The standard InChI is InChI=1S/C6H3BrClF2NO/c7-2-1-3(8)6(12)11-4(2)5(9)10/h1,5H,(H,11,12). The number of halogens is 4. The molecule has 1 rings (SSSR count). The van der Waals surface area contributed by atoms with Crippen LogP contribution in [0.3, 0.4) is 0 Å². The minimum absolute atomic E-state index is 0.0992. The van der Waals surface area contributed by atoms with Crippen LogP contribution in [0.15, 0.2) is 15.3 Å². The second kappa shape index (κ2) is 3.53. The number of nitrogens with one attached hydrogen (secondary N) is 1. The van der Waals surface area contributed by atoms with Crippen LogP contribution in [0.5, 0.6) is 0 Å². The van der Waals surface area contributed by atoms with Crippen molar-refractivity contribution in [1.29, 1.82) is 0 Å². The van der Waals surface area contributed by atoms with Crippen LogP contribution < -0.4 is 5.56 Å². The number of aromatic nitrogens is 1. The highest BCUT2D eigenvalue weighted by atomic mass is 79.9. The molecule has 1 aromatic heterocycles. The molecule has 0 radical (unpaired) electrons. The van der Waals surface area contributed by atoms with Gasteiger partial charge in [-0.25, -0.2) is 8.78 Å². The van der Waals surface area contributed by atoms with Crippen LogP contribution in [0.2, 0.25) is 5.02 Å². The average Bonchev–Trinajstić information content (AvgIpc) is 1.96. The number of hydrogen-bond acceptors (Lipinski definition) is 1. The third-order valence-electron chi connectivity index (χ3n) is 1.19. The molecule has 0 spiro atoms. The molecular formula is C6H3BrClF2NO. The van der Waals surface area contributed by atoms with E-state index in [1.807, 2.05) is 4.98 Å². The molecule has 6 heteroatoms. The first-order valence-electron chi connectivity index (χ1n) is 2.88. The molecule has 0 atom stereocenters. The van der Waals surface area contributed by atoms with Gasteiger partial charge in [0.05, 0.1) is 5.69 Å². The molecule has 0 unspecified atom stereocenters. The summed E-state index contributed by atoms with van der Waals surface area (Å²) in [6.07, 6.45) is -2.72. The van der Waals surface area contributed by atoms with Crippen LogP contribution in [0, 0.1) is 0 Å². The molecule has 2 nitrogen and oxygen atoms in total. The number of H-pyrrole nitrogens is 1. The number of rotatable bonds is 1. The van der Waals surface area contributed by atoms with Gasteiger partial charge >= 0.3 is 0 Å². The summed E-state index contributed by atoms with van der Waals surface area (Å²) in [7, 11) is 0. The van der Waals surface area contributed by atoms with Gasteiger partial charge in [-0.15, -0.1) is 0 Å². The lowest BCUT2D eigenvalue weighted by atomic mass is 10.3. The Hall–Kier alpha value is -0.420. The van der Waals surface area contributed by atoms with E-state index in [1.165, 1.54) is 0 Å². The Kier molecular flexibility index (Phi) is 2.85. The van der Waals surface area contributed by atoms with Crippen LogP contribution in [-0.2, 0) is 0 Å². The molecular weight excluding hydrogens is 255 g/mol. The molecule has 1 aromatic rings. The number of aromatic amines is 1. The van der Waals surface area contributed by atoms with Gasteiger partial charge in [-0.1, -0.05) is 11.6 Å². The van der Waals surface area contributed by atoms with Crippen molar-refractivity contribution >= 4 is 27.5 Å². The Morgan fingerprint density at radius 2 is 2.17 bits per heavy atom. The summed E-state index contributed by atoms with van der Waals surface area (Å²) in [4.78, 5) is 12.7. The van der Waals surface area contributed by atoms with Crippen molar-refractivity contribution in [3.05, 3.63) is 31.6 Å². The van der Waals surface area contributed by atoms with Gasteiger partial charge in [0.1, 0.15) is 5.02 Å². The van der Waals surface area contributed by atoms with Crippen molar-refractivity contribution in [2.75, 3.05) is 0 Å². The third kappa shape index (κ3) is 1.84. The molecule has 1 heterocycles. The fourth-order valence-corrected chi connectivity index (χ4v) is 1.44. The number of pyridine rings is 1. The van der Waals surface area contributed by atoms with Gasteiger partial charge in [0.15, 0.2) is 0 Å². The summed E-state index contributed by atoms with van der Waals surface area (Å²) in [5.74, 6) is 0. The quantitative estimate of drug-likeness (QED) is 0.825. The maximum Gasteiger partial charge on any atom is 0.279 e. The van der Waals surface area contributed by atoms with Crippen molar-refractivity contribution in [1.82, 2.24) is 4.98 Å². The second-order valence-corrected chi connectivity index (χ2v) is 3.27. The highest BCUT2D eigenvalue weighted by Crippen LogP contribution is 2.25. The lowest BCUT2D eigenvalue weighted by Crippen LogP contribution is -2.09. The Morgan fingerprint density at radius 1 is 1.58 bits per heavy atom. The van der Waals surface area contributed by atoms with Crippen LogP contribution in [0.1, 0.15) is 12.1 Å². The fourth-order valence-electron chi connectivity index (χ4n) is 0.655. The SMILES string of the molecule is O=c1[nH]c(C(F)F)c(Br)cc1Cl. The Morgan fingerprint density at radius 3 is 2.67 bits per heavy atom. The summed E-state index contributed by atoms with van der Waals surface area (Å²) < 4.78 is 24.3. The van der Waals surface area contributed by atoms with Gasteiger partial charge < -0.3 is 4.98 Å². The monoisotopic (exact) mass is 257 g/mol. The van der Waals surface area contributed by atoms with E-state index in [4.69, 9.17) is 11.6 Å². The first kappa shape index (κ1) is 9.67. The van der Waals surface area contributed by atoms with Gasteiger partial charge in [-0.05, 0) is 22.0 Å². The predicted octanol–water partition coefficient (Wildman–Crippen LogP) is 2.73. The lowest BCUT2D eigenvalue weighted by Gasteiger charge is -2.01. The predicted molar refractivity (Wildman–Crippen MR) is 44.7 cm³/mol. The molecule has 0 aliphatic carbocycles. The molecule has 12 heavy (non-hydrogen) atoms. The first-order valence-corrected chi connectivity index (χ1v) is 4.06. The maximum absolute atomic E-state index is 12.1. The van der Waals surface area contributed by atoms with Crippen molar-refractivity contribution in [3.8, 4) is 0 Å². The van der Waals surface area contributed by atoms with E-state index in [2.05, 4.69) is 15.9 Å². The van der Waals surface area contributed by atoms with E-state index in [0.717, 1.165) is 6.07 Å². The molecule has 1 N–H and O–H groups in total. The second-order valence-electron chi connectivity index (χ2n) is 2.01. The van der Waals surface area contributed by atoms with E-state index in [0.29, 0.717) is 0 Å². The van der Waals surface area contributed by atoms with Crippen LogP contribution in [0.25, 0.3) is 0 Å². The summed E-state index contributed by atoms with van der Waals surface area (Å²) in [5.41, 5.74) is -1.17. The lowest BCUT2D eigenvalue weighted by molar-refractivity contribution is 0.145. The topological polar surface area (TPSA) is 32.9 Å². The van der Waals surface area contributed by atoms with E-state index < -0.39 is 17.7 Å². The molecule has 0 aromatic carbocycles. The molecule has 0 aliphatic heterocycles. The molecule has 0 fully saturated rings. The third-order valence-corrected chi connectivity index (χ3v) is 2.13. The molecule has 0 amide bonds. The maximum atomic E-state index is 12.1. The minimum atomic E-state index is -2.72. The van der Waals surface area contributed by atoms with E-state index in [-0.39, 0.29) is 9.50 Å². The molecule has 0 saturated carbocycles. The van der Waals surface area contributed by atoms with Crippen molar-refractivity contribution in [2.24, 2.45) is 0 Å². The summed E-state index contributed by atoms with van der Waals surface area (Å²) in [6, 6.07) is 1.14. The summed E-state index contributed by atoms with van der Waals surface area (Å²) in [5, 5.41) is -0.119. The van der Waals surface area contributed by atoms with Crippen molar-refractivity contribution < 1.29 is 8.78 Å². The van der Waals surface area contributed by atoms with E-state index in [1.54, 1.807) is 0 Å². The van der Waals surface area contributed by atoms with Gasteiger partial charge in [0, 0.05) is 4.47 Å². The largest absolute Gasteiger partial charge is 0.319 e. The Bertz CT molecular complexity index is 352. The average molecular weight is 258 g/mol. The number of alkyl halides is 2. The van der Waals surface area contributed by atoms with Gasteiger partial charge in [0.25, 0.3) is 12.0 Å². The van der Waals surface area contributed by atoms with Crippen LogP contribution in [0.4, 0.5) is 8.78 Å². The first-order chi connectivity index (χ1) is 5.52. The van der Waals surface area contributed by atoms with Crippen LogP contribution >= 0.6 is 27.5 Å². The molecule has 66 valence electrons. The fraction of sp³-hybridized carbons (Fsp3) is 0.167.